The summed E-state index contributed by atoms with van der Waals surface area (Å²) in [5.41, 5.74) is 6.07. The molecule has 0 saturated heterocycles. The summed E-state index contributed by atoms with van der Waals surface area (Å²) < 4.78 is 0. The number of hydrazone groups is 1. The lowest BCUT2D eigenvalue weighted by atomic mass is 9.76. The highest BCUT2D eigenvalue weighted by atomic mass is 15.3. The molecule has 0 radical (unpaired) electrons. The van der Waals surface area contributed by atoms with Crippen molar-refractivity contribution in [3.05, 3.63) is 11.8 Å². The van der Waals surface area contributed by atoms with Crippen LogP contribution in [0.1, 0.15) is 59.3 Å². The van der Waals surface area contributed by atoms with E-state index in [0.29, 0.717) is 5.92 Å². The van der Waals surface area contributed by atoms with Crippen LogP contribution in [-0.2, 0) is 0 Å². The monoisotopic (exact) mass is 234 g/mol. The molecule has 1 saturated carbocycles. The van der Waals surface area contributed by atoms with Crippen molar-refractivity contribution in [1.29, 1.82) is 0 Å². The lowest BCUT2D eigenvalue weighted by Gasteiger charge is -2.31. The van der Waals surface area contributed by atoms with E-state index in [1.54, 1.807) is 5.57 Å². The topological polar surface area (TPSA) is 24.4 Å². The number of rotatable bonds is 2. The van der Waals surface area contributed by atoms with Gasteiger partial charge in [0, 0.05) is 17.8 Å². The third kappa shape index (κ3) is 2.91. The zero-order valence-corrected chi connectivity index (χ0v) is 11.5. The van der Waals surface area contributed by atoms with Crippen molar-refractivity contribution in [3.8, 4) is 0 Å². The van der Waals surface area contributed by atoms with Crippen molar-refractivity contribution in [3.63, 3.8) is 0 Å². The average molecular weight is 234 g/mol. The van der Waals surface area contributed by atoms with Crippen LogP contribution in [0, 0.1) is 17.8 Å². The fraction of sp³-hybridized carbons (Fsp3) is 0.800. The van der Waals surface area contributed by atoms with E-state index in [-0.39, 0.29) is 0 Å². The zero-order chi connectivity index (χ0) is 12.3. The summed E-state index contributed by atoms with van der Waals surface area (Å²) in [6, 6.07) is 0. The molecule has 0 aromatic heterocycles. The molecule has 2 heteroatoms. The summed E-state index contributed by atoms with van der Waals surface area (Å²) >= 11 is 0. The van der Waals surface area contributed by atoms with Crippen LogP contribution >= 0.6 is 0 Å². The lowest BCUT2D eigenvalue weighted by Crippen LogP contribution is -2.26. The van der Waals surface area contributed by atoms with Crippen molar-refractivity contribution < 1.29 is 0 Å². The summed E-state index contributed by atoms with van der Waals surface area (Å²) in [4.78, 5) is 0. The van der Waals surface area contributed by atoms with Crippen LogP contribution in [0.3, 0.4) is 0 Å². The quantitative estimate of drug-likeness (QED) is 0.764. The van der Waals surface area contributed by atoms with Crippen molar-refractivity contribution >= 4 is 5.71 Å². The van der Waals surface area contributed by atoms with Gasteiger partial charge in [-0.15, -0.1) is 0 Å². The smallest absolute Gasteiger partial charge is 0.0451 e. The molecule has 0 aromatic rings. The van der Waals surface area contributed by atoms with Gasteiger partial charge in [-0.2, -0.15) is 5.10 Å². The number of nitrogens with zero attached hydrogens (tertiary/aromatic N) is 1. The van der Waals surface area contributed by atoms with Gasteiger partial charge in [0.15, 0.2) is 0 Å². The van der Waals surface area contributed by atoms with Crippen LogP contribution < -0.4 is 5.43 Å². The van der Waals surface area contributed by atoms with Crippen molar-refractivity contribution in [1.82, 2.24) is 5.43 Å². The average Bonchev–Trinajstić information content (AvgIpc) is 2.29. The first-order valence-electron chi connectivity index (χ1n) is 7.23. The lowest BCUT2D eigenvalue weighted by molar-refractivity contribution is 0.307. The molecular weight excluding hydrogens is 208 g/mol. The maximum absolute atomic E-state index is 4.45. The van der Waals surface area contributed by atoms with Gasteiger partial charge in [-0.05, 0) is 43.1 Å². The maximum Gasteiger partial charge on any atom is 0.0451 e. The number of hydrogen-bond acceptors (Lipinski definition) is 2. The second-order valence-corrected chi connectivity index (χ2v) is 5.83. The van der Waals surface area contributed by atoms with E-state index in [0.717, 1.165) is 18.3 Å². The Morgan fingerprint density at radius 1 is 1.35 bits per heavy atom. The molecule has 17 heavy (non-hydrogen) atoms. The Hall–Kier alpha value is -0.790. The fourth-order valence-corrected chi connectivity index (χ4v) is 3.26. The molecule has 0 spiro atoms. The second-order valence-electron chi connectivity index (χ2n) is 5.83. The van der Waals surface area contributed by atoms with E-state index in [4.69, 9.17) is 0 Å². The summed E-state index contributed by atoms with van der Waals surface area (Å²) in [7, 11) is 0. The van der Waals surface area contributed by atoms with E-state index in [2.05, 4.69) is 37.5 Å². The van der Waals surface area contributed by atoms with Crippen LogP contribution in [0.4, 0.5) is 0 Å². The highest BCUT2D eigenvalue weighted by Gasteiger charge is 2.26. The Kier molecular flexibility index (Phi) is 4.25. The normalized spacial score (nSPS) is 29.6. The molecule has 2 unspecified atom stereocenters. The van der Waals surface area contributed by atoms with Gasteiger partial charge < -0.3 is 0 Å². The molecule has 0 aromatic carbocycles. The van der Waals surface area contributed by atoms with Crippen LogP contribution in [0.15, 0.2) is 16.9 Å². The minimum Gasteiger partial charge on any atom is -0.286 e. The van der Waals surface area contributed by atoms with Gasteiger partial charge >= 0.3 is 0 Å². The Morgan fingerprint density at radius 2 is 2.18 bits per heavy atom. The van der Waals surface area contributed by atoms with Gasteiger partial charge in [0.2, 0.25) is 0 Å². The van der Waals surface area contributed by atoms with Crippen LogP contribution in [0.25, 0.3) is 0 Å². The van der Waals surface area contributed by atoms with E-state index >= 15 is 0 Å². The molecular formula is C15H26N2. The van der Waals surface area contributed by atoms with Crippen LogP contribution in [0.5, 0.6) is 0 Å². The van der Waals surface area contributed by atoms with Crippen molar-refractivity contribution in [2.45, 2.75) is 59.3 Å². The van der Waals surface area contributed by atoms with Crippen LogP contribution in [0.2, 0.25) is 0 Å². The van der Waals surface area contributed by atoms with Gasteiger partial charge in [0.05, 0.1) is 0 Å². The molecule has 96 valence electrons. The Morgan fingerprint density at radius 3 is 2.88 bits per heavy atom. The number of hydrogen-bond donors (Lipinski definition) is 1. The summed E-state index contributed by atoms with van der Waals surface area (Å²) in [6.07, 6.45) is 9.95. The van der Waals surface area contributed by atoms with Crippen molar-refractivity contribution in [2.75, 3.05) is 0 Å². The van der Waals surface area contributed by atoms with Crippen molar-refractivity contribution in [2.24, 2.45) is 22.9 Å². The van der Waals surface area contributed by atoms with Gasteiger partial charge in [-0.25, -0.2) is 0 Å². The SMILES string of the molecule is CCC1=NNC=C2CCC(C(C)C)CCCC21. The number of allylic oxidation sites excluding steroid dienone is 1. The Balaban J connectivity index is 2.04. The van der Waals surface area contributed by atoms with Crippen LogP contribution in [-0.4, -0.2) is 5.71 Å². The van der Waals surface area contributed by atoms with E-state index in [1.165, 1.54) is 37.8 Å². The molecule has 1 N–H and O–H groups in total. The number of fused-ring (bicyclic) bond motifs is 1. The van der Waals surface area contributed by atoms with E-state index in [9.17, 15) is 0 Å². The predicted octanol–water partition coefficient (Wildman–Crippen LogP) is 4.09. The first-order chi connectivity index (χ1) is 8.22. The summed E-state index contributed by atoms with van der Waals surface area (Å²) in [5.74, 6) is 2.40. The molecule has 1 aliphatic heterocycles. The fourth-order valence-electron chi connectivity index (χ4n) is 3.26. The standard InChI is InChI=1S/C15H26N2/c1-4-15-14-7-5-6-12(11(2)3)8-9-13(14)10-16-17-15/h10-12,14,16H,4-9H2,1-3H3. The molecule has 2 rings (SSSR count). The third-order valence-corrected chi connectivity index (χ3v) is 4.48. The van der Waals surface area contributed by atoms with E-state index in [1.807, 2.05) is 0 Å². The Labute approximate surface area is 106 Å². The molecule has 1 heterocycles. The van der Waals surface area contributed by atoms with Gasteiger partial charge in [-0.3, -0.25) is 5.43 Å². The number of nitrogens with one attached hydrogen (secondary N) is 1. The zero-order valence-electron chi connectivity index (χ0n) is 11.5. The summed E-state index contributed by atoms with van der Waals surface area (Å²) in [6.45, 7) is 6.96. The van der Waals surface area contributed by atoms with Gasteiger partial charge in [-0.1, -0.05) is 33.6 Å². The minimum absolute atomic E-state index is 0.648. The van der Waals surface area contributed by atoms with E-state index < -0.39 is 0 Å². The highest BCUT2D eigenvalue weighted by Crippen LogP contribution is 2.35. The second kappa shape index (κ2) is 5.70. The molecule has 0 bridgehead atoms. The largest absolute Gasteiger partial charge is 0.286 e. The Bertz CT molecular complexity index is 315. The molecule has 1 fully saturated rings. The third-order valence-electron chi connectivity index (χ3n) is 4.48. The predicted molar refractivity (Wildman–Crippen MR) is 73.8 cm³/mol. The summed E-state index contributed by atoms with van der Waals surface area (Å²) in [5, 5.41) is 4.45. The molecule has 2 atom stereocenters. The molecule has 2 nitrogen and oxygen atoms in total. The molecule has 1 aliphatic carbocycles. The molecule has 2 aliphatic rings. The first-order valence-corrected chi connectivity index (χ1v) is 7.23. The van der Waals surface area contributed by atoms with Gasteiger partial charge in [0.1, 0.15) is 0 Å². The first kappa shape index (κ1) is 12.7. The highest BCUT2D eigenvalue weighted by molar-refractivity contribution is 5.89. The molecule has 0 amide bonds. The minimum atomic E-state index is 0.648. The maximum atomic E-state index is 4.45. The van der Waals surface area contributed by atoms with Gasteiger partial charge in [0.25, 0.3) is 0 Å².